The number of amides is 1. The third kappa shape index (κ3) is 6.27. The molecular weight excluding hydrogens is 464 g/mol. The summed E-state index contributed by atoms with van der Waals surface area (Å²) in [7, 11) is 0. The third-order valence-corrected chi connectivity index (χ3v) is 8.15. The number of aromatic nitrogens is 1. The molecule has 2 N–H and O–H groups in total. The van der Waals surface area contributed by atoms with Crippen molar-refractivity contribution in [2.75, 3.05) is 5.32 Å². The maximum atomic E-state index is 12.9. The molecular formula is C28H37ClN2O4. The first-order chi connectivity index (χ1) is 16.8. The summed E-state index contributed by atoms with van der Waals surface area (Å²) in [5.74, 6) is 1.43. The Kier molecular flexibility index (Phi) is 8.20. The van der Waals surface area contributed by atoms with E-state index in [1.165, 1.54) is 19.3 Å². The van der Waals surface area contributed by atoms with Crippen molar-refractivity contribution in [3.8, 4) is 0 Å². The van der Waals surface area contributed by atoms with Gasteiger partial charge in [0.05, 0.1) is 22.8 Å². The first-order valence-electron chi connectivity index (χ1n) is 13.1. The van der Waals surface area contributed by atoms with Gasteiger partial charge in [-0.1, -0.05) is 49.5 Å². The molecule has 2 aliphatic rings. The maximum Gasteiger partial charge on any atom is 0.304 e. The fourth-order valence-electron chi connectivity index (χ4n) is 5.55. The lowest BCUT2D eigenvalue weighted by Crippen LogP contribution is -2.24. The van der Waals surface area contributed by atoms with Crippen LogP contribution in [-0.2, 0) is 9.59 Å². The average molecular weight is 501 g/mol. The summed E-state index contributed by atoms with van der Waals surface area (Å²) < 4.78 is 5.91. The highest BCUT2D eigenvalue weighted by molar-refractivity contribution is 6.33. The molecule has 2 saturated carbocycles. The molecule has 1 atom stereocenters. The number of anilines is 1. The number of nitrogens with one attached hydrogen (secondary N) is 1. The van der Waals surface area contributed by atoms with E-state index in [-0.39, 0.29) is 18.7 Å². The number of hydrogen-bond acceptors (Lipinski definition) is 4. The van der Waals surface area contributed by atoms with Crippen molar-refractivity contribution in [2.24, 2.45) is 11.8 Å². The number of rotatable bonds is 12. The number of aryl methyl sites for hydroxylation is 1. The van der Waals surface area contributed by atoms with Gasteiger partial charge in [-0.15, -0.1) is 0 Å². The van der Waals surface area contributed by atoms with E-state index < -0.39 is 11.9 Å². The lowest BCUT2D eigenvalue weighted by Gasteiger charge is -2.36. The molecule has 190 valence electrons. The number of carbonyl (C=O) groups excluding carboxylic acids is 1. The van der Waals surface area contributed by atoms with Crippen molar-refractivity contribution < 1.29 is 19.2 Å². The van der Waals surface area contributed by atoms with Crippen molar-refractivity contribution in [3.05, 3.63) is 45.8 Å². The van der Waals surface area contributed by atoms with Gasteiger partial charge >= 0.3 is 5.97 Å². The van der Waals surface area contributed by atoms with Crippen LogP contribution in [0.3, 0.4) is 0 Å². The Morgan fingerprint density at radius 2 is 1.89 bits per heavy atom. The Balaban J connectivity index is 1.49. The summed E-state index contributed by atoms with van der Waals surface area (Å²) in [4.78, 5) is 24.6. The van der Waals surface area contributed by atoms with Crippen LogP contribution in [0.4, 0.5) is 5.69 Å². The van der Waals surface area contributed by atoms with Gasteiger partial charge in [-0.05, 0) is 74.5 Å². The predicted octanol–water partition coefficient (Wildman–Crippen LogP) is 7.42. The summed E-state index contributed by atoms with van der Waals surface area (Å²) in [5, 5.41) is 17.3. The minimum absolute atomic E-state index is 0.0180. The second-order valence-corrected chi connectivity index (χ2v) is 11.0. The van der Waals surface area contributed by atoms with E-state index in [0.29, 0.717) is 28.2 Å². The number of aliphatic carboxylic acids is 1. The van der Waals surface area contributed by atoms with Crippen LogP contribution in [0.15, 0.2) is 22.7 Å². The van der Waals surface area contributed by atoms with E-state index in [2.05, 4.69) is 24.3 Å². The second-order valence-electron chi connectivity index (χ2n) is 10.6. The van der Waals surface area contributed by atoms with Gasteiger partial charge in [0.15, 0.2) is 0 Å². The summed E-state index contributed by atoms with van der Waals surface area (Å²) in [6.45, 7) is 6.46. The Hall–Kier alpha value is -2.34. The van der Waals surface area contributed by atoms with Crippen LogP contribution in [0.5, 0.6) is 0 Å². The Morgan fingerprint density at radius 3 is 2.49 bits per heavy atom. The third-order valence-electron chi connectivity index (χ3n) is 7.84. The van der Waals surface area contributed by atoms with Crippen LogP contribution in [0.25, 0.3) is 0 Å². The van der Waals surface area contributed by atoms with Gasteiger partial charge in [0.2, 0.25) is 5.91 Å². The minimum atomic E-state index is -0.948. The fourth-order valence-corrected chi connectivity index (χ4v) is 5.83. The van der Waals surface area contributed by atoms with Crippen LogP contribution >= 0.6 is 11.6 Å². The van der Waals surface area contributed by atoms with Crippen molar-refractivity contribution in [1.29, 1.82) is 0 Å². The van der Waals surface area contributed by atoms with Crippen LogP contribution in [0.1, 0.15) is 112 Å². The van der Waals surface area contributed by atoms with Gasteiger partial charge in [-0.25, -0.2) is 0 Å². The molecule has 6 nitrogen and oxygen atoms in total. The van der Waals surface area contributed by atoms with E-state index in [1.54, 1.807) is 12.1 Å². The molecule has 0 spiro atoms. The lowest BCUT2D eigenvalue weighted by atomic mass is 9.68. The number of nitrogens with zero attached hydrogens (tertiary/aromatic N) is 1. The molecule has 0 saturated heterocycles. The molecule has 0 unspecified atom stereocenters. The smallest absolute Gasteiger partial charge is 0.304 e. The van der Waals surface area contributed by atoms with Crippen molar-refractivity contribution >= 4 is 29.2 Å². The van der Waals surface area contributed by atoms with E-state index in [9.17, 15) is 14.7 Å². The summed E-state index contributed by atoms with van der Waals surface area (Å²) in [6.07, 6.45) is 7.93. The number of carbonyl (C=O) groups is 2. The van der Waals surface area contributed by atoms with Gasteiger partial charge in [0.25, 0.3) is 0 Å². The lowest BCUT2D eigenvalue weighted by molar-refractivity contribution is -0.137. The number of carboxylic acid groups (broad SMARTS) is 1. The molecule has 0 aliphatic heterocycles. The van der Waals surface area contributed by atoms with Crippen molar-refractivity contribution in [1.82, 2.24) is 5.16 Å². The van der Waals surface area contributed by atoms with Gasteiger partial charge < -0.3 is 14.9 Å². The summed E-state index contributed by atoms with van der Waals surface area (Å²) in [6, 6.07) is 5.43. The normalized spacial score (nSPS) is 20.5. The molecule has 0 radical (unpaired) electrons. The van der Waals surface area contributed by atoms with Gasteiger partial charge in [0.1, 0.15) is 5.76 Å². The molecule has 2 aliphatic carbocycles. The topological polar surface area (TPSA) is 92.4 Å². The van der Waals surface area contributed by atoms with E-state index in [1.807, 2.05) is 13.0 Å². The van der Waals surface area contributed by atoms with Crippen LogP contribution in [-0.4, -0.2) is 22.1 Å². The average Bonchev–Trinajstić information content (AvgIpc) is 3.53. The van der Waals surface area contributed by atoms with Crippen LogP contribution in [0.2, 0.25) is 5.02 Å². The molecule has 1 amide bonds. The number of halogens is 1. The van der Waals surface area contributed by atoms with Gasteiger partial charge in [-0.3, -0.25) is 9.59 Å². The summed E-state index contributed by atoms with van der Waals surface area (Å²) >= 11 is 6.27. The zero-order valence-electron chi connectivity index (χ0n) is 21.0. The van der Waals surface area contributed by atoms with Crippen LogP contribution in [0, 0.1) is 18.8 Å². The van der Waals surface area contributed by atoms with E-state index >= 15 is 0 Å². The Bertz CT molecular complexity index is 1050. The molecule has 2 fully saturated rings. The molecule has 35 heavy (non-hydrogen) atoms. The standard InChI is InChI=1S/C28H37ClN2O4/c1-4-17(5-2)11-18-12-21(13-18)28-26(19-7-8-19)27(31-35-28)20(15-25(33)34)14-24(32)30-23-9-6-16(3)10-22(23)29/h6,9-10,17-21H,4-5,7-8,11-15H2,1-3H3,(H,30,32)(H,33,34)/t18-,20-,21-/m0/s1. The van der Waals surface area contributed by atoms with Crippen LogP contribution < -0.4 is 5.32 Å². The largest absolute Gasteiger partial charge is 0.481 e. The first kappa shape index (κ1) is 25.7. The van der Waals surface area contributed by atoms with Gasteiger partial charge in [0, 0.05) is 23.8 Å². The Morgan fingerprint density at radius 1 is 1.17 bits per heavy atom. The van der Waals surface area contributed by atoms with E-state index in [0.717, 1.165) is 54.4 Å². The second kappa shape index (κ2) is 11.2. The number of hydrogen-bond donors (Lipinski definition) is 2. The zero-order chi connectivity index (χ0) is 25.1. The van der Waals surface area contributed by atoms with E-state index in [4.69, 9.17) is 16.1 Å². The molecule has 0 bridgehead atoms. The quantitative estimate of drug-likeness (QED) is 0.316. The predicted molar refractivity (Wildman–Crippen MR) is 137 cm³/mol. The van der Waals surface area contributed by atoms with Gasteiger partial charge in [-0.2, -0.15) is 0 Å². The molecule has 1 heterocycles. The monoisotopic (exact) mass is 500 g/mol. The molecule has 1 aromatic heterocycles. The highest BCUT2D eigenvalue weighted by Crippen LogP contribution is 2.53. The van der Waals surface area contributed by atoms with Crippen molar-refractivity contribution in [3.63, 3.8) is 0 Å². The maximum absolute atomic E-state index is 12.9. The fraction of sp³-hybridized carbons (Fsp3) is 0.607. The molecule has 4 rings (SSSR count). The Labute approximate surface area is 212 Å². The number of carboxylic acids is 1. The summed E-state index contributed by atoms with van der Waals surface area (Å²) in [5.41, 5.74) is 3.28. The SMILES string of the molecule is CCC(CC)C[C@H]1C[C@H](c2onc([C@H](CC(=O)O)CC(=O)Nc3ccc(C)cc3Cl)c2C2CC2)C1. The molecule has 2 aromatic rings. The zero-order valence-corrected chi connectivity index (χ0v) is 21.7. The highest BCUT2D eigenvalue weighted by atomic mass is 35.5. The number of benzene rings is 1. The highest BCUT2D eigenvalue weighted by Gasteiger charge is 2.42. The minimum Gasteiger partial charge on any atom is -0.481 e. The molecule has 1 aromatic carbocycles. The molecule has 7 heteroatoms. The first-order valence-corrected chi connectivity index (χ1v) is 13.4. The van der Waals surface area contributed by atoms with Crippen molar-refractivity contribution in [2.45, 2.75) is 96.3 Å².